The minimum atomic E-state index is -1.13. The molecule has 0 radical (unpaired) electrons. The summed E-state index contributed by atoms with van der Waals surface area (Å²) in [6.07, 6.45) is 3.25. The molecule has 0 amide bonds. The summed E-state index contributed by atoms with van der Waals surface area (Å²) >= 11 is 0.370. The van der Waals surface area contributed by atoms with Gasteiger partial charge in [0.2, 0.25) is 5.03 Å². The number of hydrogen-bond acceptors (Lipinski definition) is 6. The van der Waals surface area contributed by atoms with Crippen LogP contribution >= 0.6 is 11.8 Å². The van der Waals surface area contributed by atoms with E-state index in [0.29, 0.717) is 23.1 Å². The van der Waals surface area contributed by atoms with Crippen molar-refractivity contribution in [2.45, 2.75) is 23.6 Å². The number of hydrogen-bond donors (Lipinski definition) is 2. The van der Waals surface area contributed by atoms with Gasteiger partial charge < -0.3 is 19.4 Å². The largest absolute Gasteiger partial charge is 0.610 e. The highest BCUT2D eigenvalue weighted by molar-refractivity contribution is 8.15. The van der Waals surface area contributed by atoms with Gasteiger partial charge in [0.1, 0.15) is 22.8 Å². The number of ether oxygens (including phenoxy) is 1. The van der Waals surface area contributed by atoms with Crippen molar-refractivity contribution in [3.8, 4) is 11.5 Å². The van der Waals surface area contributed by atoms with E-state index < -0.39 is 17.1 Å². The standard InChI is InChI=1S/C20H19N3O4S2/c1-11-5-14(27-13-3-4-17(21-9-13)29(2)26)6-12-7-16(23-19(11)12)20-22-10-15(28-20)8-18(24)25/h3-7,9,15,23H,8,10H2,1-2H3,(H,24,25). The molecule has 150 valence electrons. The van der Waals surface area contributed by atoms with Crippen LogP contribution in [0.15, 0.2) is 46.5 Å². The molecule has 0 saturated carbocycles. The molecule has 0 bridgehead atoms. The maximum atomic E-state index is 11.5. The number of fused-ring (bicyclic) bond motifs is 1. The smallest absolute Gasteiger partial charge is 0.304 e. The first-order valence-electron chi connectivity index (χ1n) is 8.93. The van der Waals surface area contributed by atoms with E-state index in [9.17, 15) is 9.35 Å². The Hall–Kier alpha value is -2.49. The van der Waals surface area contributed by atoms with Crippen LogP contribution in [0.2, 0.25) is 0 Å². The second-order valence-corrected chi connectivity index (χ2v) is 9.37. The number of carboxylic acids is 1. The second kappa shape index (κ2) is 8.10. The first kappa shape index (κ1) is 19.8. The zero-order valence-electron chi connectivity index (χ0n) is 15.8. The molecule has 2 unspecified atom stereocenters. The number of nitrogens with zero attached hydrogens (tertiary/aromatic N) is 2. The topological polar surface area (TPSA) is 111 Å². The molecule has 3 aromatic rings. The maximum Gasteiger partial charge on any atom is 0.304 e. The van der Waals surface area contributed by atoms with Crippen molar-refractivity contribution in [3.63, 3.8) is 0 Å². The molecular formula is C20H19N3O4S2. The molecule has 29 heavy (non-hydrogen) atoms. The number of pyridine rings is 1. The highest BCUT2D eigenvalue weighted by atomic mass is 32.2. The lowest BCUT2D eigenvalue weighted by Gasteiger charge is -2.08. The van der Waals surface area contributed by atoms with Crippen molar-refractivity contribution >= 4 is 44.9 Å². The number of carbonyl (C=O) groups is 1. The minimum absolute atomic E-state index is 0.0261. The zero-order chi connectivity index (χ0) is 20.5. The summed E-state index contributed by atoms with van der Waals surface area (Å²) < 4.78 is 17.4. The Morgan fingerprint density at radius 3 is 2.90 bits per heavy atom. The number of aliphatic carboxylic acids is 1. The number of rotatable bonds is 6. The quantitative estimate of drug-likeness (QED) is 0.578. The van der Waals surface area contributed by atoms with Crippen LogP contribution in [0.5, 0.6) is 11.5 Å². The van der Waals surface area contributed by atoms with Gasteiger partial charge in [0, 0.05) is 33.4 Å². The van der Waals surface area contributed by atoms with E-state index in [2.05, 4.69) is 15.0 Å². The van der Waals surface area contributed by atoms with Crippen LogP contribution < -0.4 is 4.74 Å². The number of aromatic amines is 1. The van der Waals surface area contributed by atoms with Crippen molar-refractivity contribution in [2.24, 2.45) is 4.99 Å². The normalized spacial score (nSPS) is 17.3. The lowest BCUT2D eigenvalue weighted by atomic mass is 10.1. The number of thioether (sulfide) groups is 1. The summed E-state index contributed by atoms with van der Waals surface area (Å²) in [7, 11) is 0. The molecule has 7 nitrogen and oxygen atoms in total. The molecule has 1 aromatic carbocycles. The van der Waals surface area contributed by atoms with Gasteiger partial charge >= 0.3 is 5.97 Å². The van der Waals surface area contributed by atoms with Crippen LogP contribution in [0.4, 0.5) is 0 Å². The predicted octanol–water partition coefficient (Wildman–Crippen LogP) is 3.74. The number of aliphatic imine (C=N–C) groups is 1. The van der Waals surface area contributed by atoms with Crippen LogP contribution in [-0.2, 0) is 16.0 Å². The molecule has 0 aliphatic carbocycles. The molecular weight excluding hydrogens is 410 g/mol. The third kappa shape index (κ3) is 4.42. The Morgan fingerprint density at radius 2 is 2.21 bits per heavy atom. The summed E-state index contributed by atoms with van der Waals surface area (Å²) in [5.41, 5.74) is 2.90. The van der Waals surface area contributed by atoms with Gasteiger partial charge in [-0.15, -0.1) is 0 Å². The molecule has 0 spiro atoms. The van der Waals surface area contributed by atoms with Crippen molar-refractivity contribution in [2.75, 3.05) is 12.8 Å². The Labute approximate surface area is 174 Å². The monoisotopic (exact) mass is 429 g/mol. The van der Waals surface area contributed by atoms with Crippen molar-refractivity contribution in [3.05, 3.63) is 47.8 Å². The third-order valence-corrected chi connectivity index (χ3v) is 6.54. The number of aromatic nitrogens is 2. The molecule has 2 atom stereocenters. The van der Waals surface area contributed by atoms with Crippen LogP contribution in [0, 0.1) is 6.92 Å². The van der Waals surface area contributed by atoms with Gasteiger partial charge in [-0.05, 0) is 36.8 Å². The van der Waals surface area contributed by atoms with Crippen LogP contribution in [0.1, 0.15) is 17.7 Å². The molecule has 9 heteroatoms. The van der Waals surface area contributed by atoms with Crippen molar-refractivity contribution in [1.29, 1.82) is 0 Å². The molecule has 0 fully saturated rings. The van der Waals surface area contributed by atoms with E-state index in [1.807, 2.05) is 25.1 Å². The highest BCUT2D eigenvalue weighted by Crippen LogP contribution is 2.32. The molecule has 1 aliphatic heterocycles. The Morgan fingerprint density at radius 1 is 1.38 bits per heavy atom. The van der Waals surface area contributed by atoms with Gasteiger partial charge in [0.05, 0.1) is 24.9 Å². The van der Waals surface area contributed by atoms with E-state index in [1.54, 1.807) is 24.6 Å². The number of nitrogens with one attached hydrogen (secondary N) is 1. The van der Waals surface area contributed by atoms with Gasteiger partial charge in [-0.2, -0.15) is 0 Å². The SMILES string of the molecule is Cc1cc(Oc2ccc([S+](C)[O-])nc2)cc2cc(C3=NCC(CC(=O)O)S3)[nH]c12. The van der Waals surface area contributed by atoms with E-state index >= 15 is 0 Å². The fourth-order valence-corrected chi connectivity index (χ4v) is 4.70. The highest BCUT2D eigenvalue weighted by Gasteiger charge is 2.24. The number of carboxylic acid groups (broad SMARTS) is 1. The molecule has 3 heterocycles. The summed E-state index contributed by atoms with van der Waals surface area (Å²) in [6, 6.07) is 9.31. The van der Waals surface area contributed by atoms with Crippen LogP contribution in [0.3, 0.4) is 0 Å². The lowest BCUT2D eigenvalue weighted by Crippen LogP contribution is -2.10. The fourth-order valence-electron chi connectivity index (χ4n) is 3.17. The molecule has 2 aromatic heterocycles. The maximum absolute atomic E-state index is 11.5. The molecule has 2 N–H and O–H groups in total. The zero-order valence-corrected chi connectivity index (χ0v) is 17.5. The van der Waals surface area contributed by atoms with E-state index in [4.69, 9.17) is 9.84 Å². The van der Waals surface area contributed by atoms with Crippen molar-refractivity contribution in [1.82, 2.24) is 9.97 Å². The van der Waals surface area contributed by atoms with Crippen LogP contribution in [-0.4, -0.2) is 48.7 Å². The second-order valence-electron chi connectivity index (χ2n) is 6.76. The van der Waals surface area contributed by atoms with Crippen molar-refractivity contribution < 1.29 is 19.2 Å². The number of H-pyrrole nitrogens is 1. The Kier molecular flexibility index (Phi) is 5.53. The summed E-state index contributed by atoms with van der Waals surface area (Å²) in [5.74, 6) is 0.444. The van der Waals surface area contributed by atoms with E-state index in [0.717, 1.165) is 27.2 Å². The Balaban J connectivity index is 1.55. The van der Waals surface area contributed by atoms with Gasteiger partial charge in [-0.3, -0.25) is 9.79 Å². The van der Waals surface area contributed by atoms with Crippen LogP contribution in [0.25, 0.3) is 10.9 Å². The average Bonchev–Trinajstić information content (AvgIpc) is 3.28. The fraction of sp³-hybridized carbons (Fsp3) is 0.250. The molecule has 0 saturated heterocycles. The van der Waals surface area contributed by atoms with Gasteiger partial charge in [-0.25, -0.2) is 4.98 Å². The summed E-state index contributed by atoms with van der Waals surface area (Å²) in [5, 5.41) is 11.3. The summed E-state index contributed by atoms with van der Waals surface area (Å²) in [6.45, 7) is 2.51. The molecule has 4 rings (SSSR count). The third-order valence-electron chi connectivity index (χ3n) is 4.49. The predicted molar refractivity (Wildman–Crippen MR) is 115 cm³/mol. The lowest BCUT2D eigenvalue weighted by molar-refractivity contribution is -0.136. The number of benzene rings is 1. The number of aryl methyl sites for hydroxylation is 1. The van der Waals surface area contributed by atoms with Gasteiger partial charge in [0.15, 0.2) is 0 Å². The van der Waals surface area contributed by atoms with E-state index in [1.165, 1.54) is 11.8 Å². The molecule has 1 aliphatic rings. The first-order valence-corrected chi connectivity index (χ1v) is 11.4. The Bertz CT molecular complexity index is 1090. The van der Waals surface area contributed by atoms with Gasteiger partial charge in [-0.1, -0.05) is 11.8 Å². The minimum Gasteiger partial charge on any atom is -0.610 e. The average molecular weight is 430 g/mol. The summed E-state index contributed by atoms with van der Waals surface area (Å²) in [4.78, 5) is 23.0. The van der Waals surface area contributed by atoms with E-state index in [-0.39, 0.29) is 11.7 Å². The first-order chi connectivity index (χ1) is 13.9. The van der Waals surface area contributed by atoms with Gasteiger partial charge in [0.25, 0.3) is 0 Å².